The second-order valence-corrected chi connectivity index (χ2v) is 11.4. The Balaban J connectivity index is 1.61. The molecule has 4 rings (SSSR count). The summed E-state index contributed by atoms with van der Waals surface area (Å²) in [6, 6.07) is 7.56. The van der Waals surface area contributed by atoms with E-state index in [1.807, 2.05) is 0 Å². The number of Topliss-reactive ketones (excluding diaryl/α,β-unsaturated/α-hetero) is 1. The van der Waals surface area contributed by atoms with Crippen molar-refractivity contribution in [2.75, 3.05) is 13.2 Å². The van der Waals surface area contributed by atoms with E-state index in [0.717, 1.165) is 42.5 Å². The summed E-state index contributed by atoms with van der Waals surface area (Å²) in [4.78, 5) is 28.3. The summed E-state index contributed by atoms with van der Waals surface area (Å²) in [5, 5.41) is 0. The van der Waals surface area contributed by atoms with Crippen LogP contribution in [0.2, 0.25) is 0 Å². The zero-order valence-electron chi connectivity index (χ0n) is 18.3. The molecule has 8 heteroatoms. The third-order valence-corrected chi connectivity index (χ3v) is 9.45. The van der Waals surface area contributed by atoms with Crippen molar-refractivity contribution >= 4 is 33.1 Å². The molecule has 6 nitrogen and oxygen atoms in total. The number of carbonyl (C=O) groups excluding carboxylic acids is 2. The Labute approximate surface area is 193 Å². The SMILES string of the molecule is CCOC(=O)c1c(CC(=O)[C@H]2CCCN2S(=O)(=O)c2ccccc2)sc2c1CCCCC2. The van der Waals surface area contributed by atoms with Crippen molar-refractivity contribution in [2.45, 2.75) is 69.2 Å². The molecule has 172 valence electrons. The molecule has 1 aromatic heterocycles. The lowest BCUT2D eigenvalue weighted by molar-refractivity contribution is -0.121. The zero-order valence-corrected chi connectivity index (χ0v) is 20.0. The lowest BCUT2D eigenvalue weighted by atomic mass is 10.00. The van der Waals surface area contributed by atoms with Crippen molar-refractivity contribution in [3.8, 4) is 0 Å². The van der Waals surface area contributed by atoms with E-state index < -0.39 is 16.1 Å². The van der Waals surface area contributed by atoms with Gasteiger partial charge in [0.1, 0.15) is 0 Å². The molecular weight excluding hydrogens is 446 g/mol. The van der Waals surface area contributed by atoms with Crippen molar-refractivity contribution < 1.29 is 22.7 Å². The molecule has 0 spiro atoms. The minimum atomic E-state index is -3.74. The molecule has 1 aromatic carbocycles. The molecular formula is C24H29NO5S2. The molecule has 2 heterocycles. The number of fused-ring (bicyclic) bond motifs is 1. The smallest absolute Gasteiger partial charge is 0.339 e. The summed E-state index contributed by atoms with van der Waals surface area (Å²) < 4.78 is 33.0. The van der Waals surface area contributed by atoms with Gasteiger partial charge in [0.2, 0.25) is 10.0 Å². The van der Waals surface area contributed by atoms with Gasteiger partial charge in [-0.2, -0.15) is 4.31 Å². The highest BCUT2D eigenvalue weighted by Crippen LogP contribution is 2.36. The number of aryl methyl sites for hydroxylation is 1. The first-order valence-electron chi connectivity index (χ1n) is 11.3. The Bertz CT molecular complexity index is 1090. The normalized spacial score (nSPS) is 19.3. The Kier molecular flexibility index (Phi) is 7.12. The van der Waals surface area contributed by atoms with Crippen molar-refractivity contribution in [3.05, 3.63) is 51.2 Å². The molecule has 0 radical (unpaired) electrons. The van der Waals surface area contributed by atoms with Gasteiger partial charge in [-0.3, -0.25) is 4.79 Å². The molecule has 2 aromatic rings. The third kappa shape index (κ3) is 4.54. The molecule has 1 aliphatic carbocycles. The van der Waals surface area contributed by atoms with Gasteiger partial charge in [-0.1, -0.05) is 24.6 Å². The van der Waals surface area contributed by atoms with E-state index in [2.05, 4.69) is 0 Å². The lowest BCUT2D eigenvalue weighted by Crippen LogP contribution is -2.41. The predicted molar refractivity (Wildman–Crippen MR) is 124 cm³/mol. The Hall–Kier alpha value is -2.03. The fourth-order valence-electron chi connectivity index (χ4n) is 4.72. The number of hydrogen-bond donors (Lipinski definition) is 0. The van der Waals surface area contributed by atoms with Crippen LogP contribution < -0.4 is 0 Å². The average molecular weight is 476 g/mol. The maximum atomic E-state index is 13.4. The van der Waals surface area contributed by atoms with E-state index >= 15 is 0 Å². The van der Waals surface area contributed by atoms with Crippen LogP contribution in [-0.2, 0) is 38.8 Å². The van der Waals surface area contributed by atoms with Crippen molar-refractivity contribution in [1.82, 2.24) is 4.31 Å². The number of carbonyl (C=O) groups is 2. The number of ether oxygens (including phenoxy) is 1. The van der Waals surface area contributed by atoms with E-state index in [-0.39, 0.29) is 29.7 Å². The zero-order chi connectivity index (χ0) is 22.7. The van der Waals surface area contributed by atoms with Crippen LogP contribution in [0, 0.1) is 0 Å². The van der Waals surface area contributed by atoms with Crippen LogP contribution in [0.5, 0.6) is 0 Å². The minimum absolute atomic E-state index is 0.0668. The molecule has 32 heavy (non-hydrogen) atoms. The fourth-order valence-corrected chi connectivity index (χ4v) is 7.81. The van der Waals surface area contributed by atoms with Crippen molar-refractivity contribution in [1.29, 1.82) is 0 Å². The number of ketones is 1. The van der Waals surface area contributed by atoms with Gasteiger partial charge in [0.25, 0.3) is 0 Å². The monoisotopic (exact) mass is 475 g/mol. The predicted octanol–water partition coefficient (Wildman–Crippen LogP) is 4.16. The maximum Gasteiger partial charge on any atom is 0.339 e. The van der Waals surface area contributed by atoms with Crippen LogP contribution in [0.15, 0.2) is 35.2 Å². The highest BCUT2D eigenvalue weighted by molar-refractivity contribution is 7.89. The molecule has 1 saturated heterocycles. The molecule has 0 N–H and O–H groups in total. The van der Waals surface area contributed by atoms with E-state index in [4.69, 9.17) is 4.74 Å². The third-order valence-electron chi connectivity index (χ3n) is 6.23. The number of nitrogens with zero attached hydrogens (tertiary/aromatic N) is 1. The average Bonchev–Trinajstić information content (AvgIpc) is 3.34. The molecule has 0 bridgehead atoms. The number of sulfonamides is 1. The largest absolute Gasteiger partial charge is 0.462 e. The Morgan fingerprint density at radius 2 is 1.84 bits per heavy atom. The summed E-state index contributed by atoms with van der Waals surface area (Å²) in [7, 11) is -3.74. The minimum Gasteiger partial charge on any atom is -0.462 e. The van der Waals surface area contributed by atoms with Gasteiger partial charge < -0.3 is 4.74 Å². The second-order valence-electron chi connectivity index (χ2n) is 8.31. The van der Waals surface area contributed by atoms with Gasteiger partial charge in [-0.15, -0.1) is 11.3 Å². The number of benzene rings is 1. The molecule has 0 saturated carbocycles. The summed E-state index contributed by atoms with van der Waals surface area (Å²) >= 11 is 1.53. The summed E-state index contributed by atoms with van der Waals surface area (Å²) in [6.07, 6.45) is 6.19. The van der Waals surface area contributed by atoms with Crippen LogP contribution in [0.1, 0.15) is 64.7 Å². The lowest BCUT2D eigenvalue weighted by Gasteiger charge is -2.23. The Morgan fingerprint density at radius 1 is 1.09 bits per heavy atom. The molecule has 0 amide bonds. The molecule has 1 fully saturated rings. The van der Waals surface area contributed by atoms with E-state index in [1.54, 1.807) is 37.3 Å². The number of rotatable bonds is 7. The van der Waals surface area contributed by atoms with E-state index in [0.29, 0.717) is 24.9 Å². The topological polar surface area (TPSA) is 80.8 Å². The first-order valence-corrected chi connectivity index (χ1v) is 13.6. The van der Waals surface area contributed by atoms with Gasteiger partial charge in [0.15, 0.2) is 5.78 Å². The number of esters is 1. The summed E-state index contributed by atoms with van der Waals surface area (Å²) in [6.45, 7) is 2.39. The Morgan fingerprint density at radius 3 is 2.59 bits per heavy atom. The van der Waals surface area contributed by atoms with Crippen LogP contribution in [0.25, 0.3) is 0 Å². The summed E-state index contributed by atoms with van der Waals surface area (Å²) in [5.41, 5.74) is 1.59. The quantitative estimate of drug-likeness (QED) is 0.444. The number of hydrogen-bond acceptors (Lipinski definition) is 6. The van der Waals surface area contributed by atoms with Crippen molar-refractivity contribution in [2.24, 2.45) is 0 Å². The van der Waals surface area contributed by atoms with Gasteiger partial charge in [0, 0.05) is 22.7 Å². The highest BCUT2D eigenvalue weighted by atomic mass is 32.2. The molecule has 1 atom stereocenters. The first-order chi connectivity index (χ1) is 15.4. The van der Waals surface area contributed by atoms with Gasteiger partial charge in [0.05, 0.1) is 23.1 Å². The van der Waals surface area contributed by atoms with Crippen LogP contribution in [0.4, 0.5) is 0 Å². The van der Waals surface area contributed by atoms with Crippen LogP contribution in [0.3, 0.4) is 0 Å². The standard InChI is InChI=1S/C24H29NO5S2/c1-2-30-24(27)23-18-12-7-4-8-14-21(18)31-22(23)16-20(26)19-13-9-15-25(19)32(28,29)17-10-5-3-6-11-17/h3,5-6,10-11,19H,2,4,7-9,12-16H2,1H3/t19-/m1/s1. The molecule has 0 unspecified atom stereocenters. The first kappa shape index (κ1) is 23.1. The molecule has 1 aliphatic heterocycles. The van der Waals surface area contributed by atoms with Crippen LogP contribution >= 0.6 is 11.3 Å². The van der Waals surface area contributed by atoms with Gasteiger partial charge in [-0.25, -0.2) is 13.2 Å². The second kappa shape index (κ2) is 9.85. The van der Waals surface area contributed by atoms with E-state index in [1.165, 1.54) is 20.5 Å². The van der Waals surface area contributed by atoms with Crippen molar-refractivity contribution in [3.63, 3.8) is 0 Å². The maximum absolute atomic E-state index is 13.4. The van der Waals surface area contributed by atoms with E-state index in [9.17, 15) is 18.0 Å². The number of thiophene rings is 1. The van der Waals surface area contributed by atoms with Crippen LogP contribution in [-0.4, -0.2) is 43.7 Å². The van der Waals surface area contributed by atoms with Gasteiger partial charge >= 0.3 is 5.97 Å². The van der Waals surface area contributed by atoms with Gasteiger partial charge in [-0.05, 0) is 63.1 Å². The highest BCUT2D eigenvalue weighted by Gasteiger charge is 2.40. The fraction of sp³-hybridized carbons (Fsp3) is 0.500. The molecule has 2 aliphatic rings. The summed E-state index contributed by atoms with van der Waals surface area (Å²) in [5.74, 6) is -0.515.